The van der Waals surface area contributed by atoms with Crippen LogP contribution in [0, 0.1) is 0 Å². The first-order valence-electron chi connectivity index (χ1n) is 2.81. The van der Waals surface area contributed by atoms with Crippen LogP contribution in [0.5, 0.6) is 0 Å². The first kappa shape index (κ1) is 9.95. The molecule has 0 bridgehead atoms. The van der Waals surface area contributed by atoms with E-state index in [1.165, 1.54) is 13.6 Å². The van der Waals surface area contributed by atoms with Crippen molar-refractivity contribution in [2.24, 2.45) is 0 Å². The van der Waals surface area contributed by atoms with Crippen LogP contribution in [0.1, 0.15) is 6.92 Å². The molecule has 0 saturated heterocycles. The van der Waals surface area contributed by atoms with E-state index >= 15 is 0 Å². The number of aliphatic hydroxyl groups excluding tert-OH is 1. The number of hydrogen-bond donors (Lipinski definition) is 1. The van der Waals surface area contributed by atoms with Gasteiger partial charge in [-0.1, -0.05) is 0 Å². The molecule has 0 aliphatic carbocycles. The molecule has 5 heteroatoms. The molecule has 0 aromatic heterocycles. The Hall–Kier alpha value is -0.0500. The SMILES string of the molecule is C[P+](=O)OCC(C)(F)CO. The largest absolute Gasteiger partial charge is 0.504 e. The third-order valence-electron chi connectivity index (χ3n) is 0.877. The fraction of sp³-hybridized carbons (Fsp3) is 1.00. The van der Waals surface area contributed by atoms with Crippen LogP contribution in [0.2, 0.25) is 0 Å². The topological polar surface area (TPSA) is 46.5 Å². The lowest BCUT2D eigenvalue weighted by Gasteiger charge is -2.11. The van der Waals surface area contributed by atoms with E-state index in [4.69, 9.17) is 5.11 Å². The van der Waals surface area contributed by atoms with E-state index in [9.17, 15) is 8.96 Å². The van der Waals surface area contributed by atoms with Crippen LogP contribution < -0.4 is 0 Å². The van der Waals surface area contributed by atoms with E-state index in [1.807, 2.05) is 0 Å². The van der Waals surface area contributed by atoms with E-state index in [-0.39, 0.29) is 6.61 Å². The van der Waals surface area contributed by atoms with Crippen LogP contribution in [0.25, 0.3) is 0 Å². The van der Waals surface area contributed by atoms with Gasteiger partial charge < -0.3 is 5.11 Å². The van der Waals surface area contributed by atoms with Crippen LogP contribution in [-0.2, 0) is 9.09 Å². The number of alkyl halides is 1. The van der Waals surface area contributed by atoms with E-state index in [2.05, 4.69) is 4.52 Å². The summed E-state index contributed by atoms with van der Waals surface area (Å²) in [5, 5.41) is 8.36. The lowest BCUT2D eigenvalue weighted by atomic mass is 10.2. The van der Waals surface area contributed by atoms with Gasteiger partial charge in [-0.2, -0.15) is 0 Å². The fourth-order valence-corrected chi connectivity index (χ4v) is 0.722. The molecule has 0 aromatic carbocycles. The Balaban J connectivity index is 3.56. The Morgan fingerprint density at radius 1 is 1.80 bits per heavy atom. The molecule has 60 valence electrons. The molecule has 10 heavy (non-hydrogen) atoms. The molecule has 0 spiro atoms. The van der Waals surface area contributed by atoms with Crippen molar-refractivity contribution in [3.8, 4) is 0 Å². The second-order valence-corrected chi connectivity index (χ2v) is 3.42. The molecule has 0 heterocycles. The summed E-state index contributed by atoms with van der Waals surface area (Å²) < 4.78 is 27.4. The molecule has 0 aliphatic heterocycles. The summed E-state index contributed by atoms with van der Waals surface area (Å²) in [5.41, 5.74) is -1.78. The third kappa shape index (κ3) is 4.79. The molecule has 0 aliphatic rings. The Morgan fingerprint density at radius 2 is 2.30 bits per heavy atom. The molecule has 0 amide bonds. The van der Waals surface area contributed by atoms with E-state index in [0.717, 1.165) is 0 Å². The Labute approximate surface area is 60.1 Å². The number of hydrogen-bond acceptors (Lipinski definition) is 3. The van der Waals surface area contributed by atoms with Gasteiger partial charge in [0.2, 0.25) is 0 Å². The van der Waals surface area contributed by atoms with Crippen molar-refractivity contribution in [3.63, 3.8) is 0 Å². The molecule has 3 nitrogen and oxygen atoms in total. The van der Waals surface area contributed by atoms with Crippen molar-refractivity contribution in [2.45, 2.75) is 12.6 Å². The Morgan fingerprint density at radius 3 is 2.60 bits per heavy atom. The molecule has 0 saturated carbocycles. The molecular formula is C5H11FO3P+. The molecule has 2 unspecified atom stereocenters. The van der Waals surface area contributed by atoms with Crippen LogP contribution in [0.15, 0.2) is 0 Å². The highest BCUT2D eigenvalue weighted by Gasteiger charge is 2.26. The molecule has 2 atom stereocenters. The summed E-state index contributed by atoms with van der Waals surface area (Å²) >= 11 is 0. The van der Waals surface area contributed by atoms with Crippen LogP contribution >= 0.6 is 8.03 Å². The smallest absolute Gasteiger partial charge is 0.393 e. The summed E-state index contributed by atoms with van der Waals surface area (Å²) in [6, 6.07) is 0. The molecule has 0 rings (SSSR count). The summed E-state index contributed by atoms with van der Waals surface area (Å²) in [6.45, 7) is 1.58. The third-order valence-corrected chi connectivity index (χ3v) is 1.37. The second kappa shape index (κ2) is 3.96. The second-order valence-electron chi connectivity index (χ2n) is 2.28. The monoisotopic (exact) mass is 169 g/mol. The first-order valence-corrected chi connectivity index (χ1v) is 4.44. The summed E-state index contributed by atoms with van der Waals surface area (Å²) in [6.07, 6.45) is 0. The van der Waals surface area contributed by atoms with Crippen molar-refractivity contribution in [3.05, 3.63) is 0 Å². The highest BCUT2D eigenvalue weighted by atomic mass is 31.1. The number of rotatable bonds is 4. The van der Waals surface area contributed by atoms with Gasteiger partial charge in [0.15, 0.2) is 12.3 Å². The zero-order valence-corrected chi connectivity index (χ0v) is 6.90. The molecule has 1 N–H and O–H groups in total. The summed E-state index contributed by atoms with van der Waals surface area (Å²) in [5.74, 6) is 0. The first-order chi connectivity index (χ1) is 4.48. The summed E-state index contributed by atoms with van der Waals surface area (Å²) in [7, 11) is -1.77. The average Bonchev–Trinajstić information content (AvgIpc) is 1.85. The highest BCUT2D eigenvalue weighted by Crippen LogP contribution is 2.20. The van der Waals surface area contributed by atoms with Crippen molar-refractivity contribution in [1.82, 2.24) is 0 Å². The van der Waals surface area contributed by atoms with Crippen molar-refractivity contribution in [1.29, 1.82) is 0 Å². The van der Waals surface area contributed by atoms with Gasteiger partial charge in [-0.3, -0.25) is 0 Å². The van der Waals surface area contributed by atoms with E-state index in [0.29, 0.717) is 0 Å². The van der Waals surface area contributed by atoms with Gasteiger partial charge >= 0.3 is 8.03 Å². The zero-order chi connectivity index (χ0) is 8.20. The Kier molecular flexibility index (Phi) is 3.94. The minimum absolute atomic E-state index is 0.324. The van der Waals surface area contributed by atoms with Gasteiger partial charge in [-0.25, -0.2) is 4.39 Å². The van der Waals surface area contributed by atoms with E-state index < -0.39 is 20.3 Å². The van der Waals surface area contributed by atoms with Crippen molar-refractivity contribution in [2.75, 3.05) is 19.9 Å². The molecule has 0 aromatic rings. The van der Waals surface area contributed by atoms with Gasteiger partial charge in [-0.05, 0) is 11.5 Å². The maximum atomic E-state index is 12.7. The van der Waals surface area contributed by atoms with Gasteiger partial charge in [0.1, 0.15) is 6.61 Å². The van der Waals surface area contributed by atoms with Crippen LogP contribution in [0.3, 0.4) is 0 Å². The maximum Gasteiger partial charge on any atom is 0.504 e. The zero-order valence-electron chi connectivity index (χ0n) is 6.00. The summed E-state index contributed by atoms with van der Waals surface area (Å²) in [4.78, 5) is 0. The Bertz CT molecular complexity index is 126. The molecular weight excluding hydrogens is 158 g/mol. The minimum atomic E-state index is -1.78. The number of halogens is 1. The van der Waals surface area contributed by atoms with Crippen LogP contribution in [0.4, 0.5) is 4.39 Å². The highest BCUT2D eigenvalue weighted by molar-refractivity contribution is 7.38. The van der Waals surface area contributed by atoms with Gasteiger partial charge in [0.25, 0.3) is 0 Å². The maximum absolute atomic E-state index is 12.7. The molecule has 0 fully saturated rings. The van der Waals surface area contributed by atoms with E-state index in [1.54, 1.807) is 0 Å². The molecule has 0 radical (unpaired) electrons. The quantitative estimate of drug-likeness (QED) is 0.641. The van der Waals surface area contributed by atoms with Gasteiger partial charge in [-0.15, -0.1) is 4.52 Å². The standard InChI is InChI=1S/C5H11FO3P/c1-5(6,3-7)4-9-10(2)8/h7H,3-4H2,1-2H3/q+1. The lowest BCUT2D eigenvalue weighted by molar-refractivity contribution is 0.0440. The van der Waals surface area contributed by atoms with Gasteiger partial charge in [0.05, 0.1) is 6.61 Å². The van der Waals surface area contributed by atoms with Crippen LogP contribution in [-0.4, -0.2) is 30.7 Å². The lowest BCUT2D eigenvalue weighted by Crippen LogP contribution is -2.28. The fourth-order valence-electron chi connectivity index (χ4n) is 0.271. The number of aliphatic hydroxyl groups is 1. The minimum Gasteiger partial charge on any atom is -0.393 e. The predicted molar refractivity (Wildman–Crippen MR) is 36.1 cm³/mol. The van der Waals surface area contributed by atoms with Crippen molar-refractivity contribution >= 4 is 8.03 Å². The predicted octanol–water partition coefficient (Wildman–Crippen LogP) is 1.10. The normalized spacial score (nSPS) is 18.2. The van der Waals surface area contributed by atoms with Crippen molar-refractivity contribution < 1.29 is 18.6 Å². The van der Waals surface area contributed by atoms with Gasteiger partial charge in [0, 0.05) is 0 Å². The average molecular weight is 169 g/mol.